The zero-order chi connectivity index (χ0) is 30.6. The monoisotopic (exact) mass is 568 g/mol. The Morgan fingerprint density at radius 1 is 0.775 bits per heavy atom. The van der Waals surface area contributed by atoms with Crippen LogP contribution in [-0.4, -0.2) is 73.2 Å². The smallest absolute Gasteiger partial charge is 0.306 e. The van der Waals surface area contributed by atoms with Crippen molar-refractivity contribution in [3.05, 3.63) is 25.3 Å². The van der Waals surface area contributed by atoms with Crippen molar-refractivity contribution in [2.24, 2.45) is 11.8 Å². The van der Waals surface area contributed by atoms with Crippen LogP contribution in [0.1, 0.15) is 98.3 Å². The molecule has 232 valence electrons. The first-order valence-electron chi connectivity index (χ1n) is 14.9. The first-order chi connectivity index (χ1) is 19.2. The van der Waals surface area contributed by atoms with Gasteiger partial charge >= 0.3 is 17.9 Å². The minimum absolute atomic E-state index is 0.0553. The number of ether oxygens (including phenoxy) is 2. The number of nitrogens with zero attached hydrogens (tertiary/aromatic N) is 1. The van der Waals surface area contributed by atoms with E-state index in [1.165, 1.54) is 0 Å². The van der Waals surface area contributed by atoms with Crippen LogP contribution in [0, 0.1) is 11.8 Å². The van der Waals surface area contributed by atoms with E-state index in [-0.39, 0.29) is 37.6 Å². The van der Waals surface area contributed by atoms with Gasteiger partial charge in [-0.25, -0.2) is 0 Å². The van der Waals surface area contributed by atoms with E-state index in [1.807, 2.05) is 19.1 Å². The van der Waals surface area contributed by atoms with Crippen molar-refractivity contribution >= 4 is 23.8 Å². The first kappa shape index (κ1) is 39.5. The zero-order valence-corrected chi connectivity index (χ0v) is 25.6. The van der Waals surface area contributed by atoms with Crippen LogP contribution in [0.25, 0.3) is 0 Å². The lowest BCUT2D eigenvalue weighted by atomic mass is 10.0. The minimum Gasteiger partial charge on any atom is -0.481 e. The Balaban J connectivity index is 0. The van der Waals surface area contributed by atoms with E-state index in [0.717, 1.165) is 64.6 Å². The molecule has 0 rings (SSSR count). The number of rotatable bonds is 24. The molecule has 0 spiro atoms. The van der Waals surface area contributed by atoms with Gasteiger partial charge in [0.25, 0.3) is 0 Å². The Morgan fingerprint density at radius 2 is 1.27 bits per heavy atom. The maximum atomic E-state index is 11.7. The molecule has 0 aromatic heterocycles. The number of aliphatic carboxylic acids is 1. The topological polar surface area (TPSA) is 122 Å². The third-order valence-electron chi connectivity index (χ3n) is 6.69. The van der Waals surface area contributed by atoms with Crippen LogP contribution < -0.4 is 5.32 Å². The molecule has 0 heterocycles. The maximum absolute atomic E-state index is 11.7. The van der Waals surface area contributed by atoms with E-state index in [4.69, 9.17) is 14.6 Å². The molecule has 40 heavy (non-hydrogen) atoms. The largest absolute Gasteiger partial charge is 0.481 e. The number of esters is 2. The van der Waals surface area contributed by atoms with E-state index >= 15 is 0 Å². The average molecular weight is 569 g/mol. The highest BCUT2D eigenvalue weighted by Gasteiger charge is 2.10. The summed E-state index contributed by atoms with van der Waals surface area (Å²) in [5.41, 5.74) is 0. The van der Waals surface area contributed by atoms with E-state index in [1.54, 1.807) is 0 Å². The molecule has 0 aliphatic heterocycles. The number of carboxylic acids is 1. The number of carboxylic acid groups (broad SMARTS) is 1. The highest BCUT2D eigenvalue weighted by Crippen LogP contribution is 2.10. The maximum Gasteiger partial charge on any atom is 0.306 e. The predicted molar refractivity (Wildman–Crippen MR) is 160 cm³/mol. The summed E-state index contributed by atoms with van der Waals surface area (Å²) < 4.78 is 10.0. The van der Waals surface area contributed by atoms with Gasteiger partial charge in [0.1, 0.15) is 0 Å². The lowest BCUT2D eigenvalue weighted by Gasteiger charge is -2.17. The van der Waals surface area contributed by atoms with Crippen molar-refractivity contribution in [1.82, 2.24) is 10.2 Å². The summed E-state index contributed by atoms with van der Waals surface area (Å²) in [7, 11) is 0. The normalized spacial score (nSPS) is 11.9. The van der Waals surface area contributed by atoms with Crippen LogP contribution in [0.3, 0.4) is 0 Å². The summed E-state index contributed by atoms with van der Waals surface area (Å²) in [4.78, 5) is 46.9. The summed E-state index contributed by atoms with van der Waals surface area (Å²) in [6, 6.07) is 0. The van der Waals surface area contributed by atoms with E-state index in [0.29, 0.717) is 31.6 Å². The summed E-state index contributed by atoms with van der Waals surface area (Å²) in [5, 5.41) is 11.2. The quantitative estimate of drug-likeness (QED) is 0.0884. The Bertz CT molecular complexity index is 708. The highest BCUT2D eigenvalue weighted by molar-refractivity contribution is 5.81. The predicted octanol–water partition coefficient (Wildman–Crippen LogP) is 5.54. The van der Waals surface area contributed by atoms with Gasteiger partial charge in [0.05, 0.1) is 32.5 Å². The molecule has 0 aliphatic carbocycles. The molecule has 0 bridgehead atoms. The van der Waals surface area contributed by atoms with E-state index in [9.17, 15) is 19.2 Å². The van der Waals surface area contributed by atoms with Crippen LogP contribution in [0.2, 0.25) is 0 Å². The molecular formula is C31H56N2O7. The van der Waals surface area contributed by atoms with Crippen molar-refractivity contribution < 1.29 is 33.8 Å². The summed E-state index contributed by atoms with van der Waals surface area (Å²) in [6.07, 6.45) is 10.6. The Hall–Kier alpha value is -2.68. The summed E-state index contributed by atoms with van der Waals surface area (Å²) in [6.45, 7) is 20.6. The molecule has 2 N–H and O–H groups in total. The highest BCUT2D eigenvalue weighted by atomic mass is 16.5. The van der Waals surface area contributed by atoms with Crippen LogP contribution in [0.5, 0.6) is 0 Å². The second-order valence-electron chi connectivity index (χ2n) is 9.66. The SMILES string of the molecule is C=CC(CC)CCOC(=O)CCC(=O)NCCCCCN(CC)CC.C=CC(CC)CCOC(=O)CCC(=O)O. The molecule has 1 amide bonds. The van der Waals surface area contributed by atoms with Gasteiger partial charge in [0.15, 0.2) is 0 Å². The number of allylic oxidation sites excluding steroid dienone is 2. The number of carbonyl (C=O) groups excluding carboxylic acids is 3. The van der Waals surface area contributed by atoms with Gasteiger partial charge in [-0.1, -0.05) is 46.3 Å². The Morgan fingerprint density at radius 3 is 1.70 bits per heavy atom. The fraction of sp³-hybridized carbons (Fsp3) is 0.742. The molecule has 9 heteroatoms. The molecule has 0 saturated heterocycles. The van der Waals surface area contributed by atoms with Crippen molar-refractivity contribution in [3.8, 4) is 0 Å². The van der Waals surface area contributed by atoms with Crippen LogP contribution in [0.15, 0.2) is 25.3 Å². The molecular weight excluding hydrogens is 512 g/mol. The zero-order valence-electron chi connectivity index (χ0n) is 25.6. The number of hydrogen-bond acceptors (Lipinski definition) is 7. The van der Waals surface area contributed by atoms with Crippen molar-refractivity contribution in [2.45, 2.75) is 98.3 Å². The third-order valence-corrected chi connectivity index (χ3v) is 6.69. The average Bonchev–Trinajstić information content (AvgIpc) is 2.95. The lowest BCUT2D eigenvalue weighted by molar-refractivity contribution is -0.147. The molecule has 0 saturated carbocycles. The van der Waals surface area contributed by atoms with Gasteiger partial charge in [0, 0.05) is 13.0 Å². The molecule has 0 aliphatic rings. The molecule has 9 nitrogen and oxygen atoms in total. The standard InChI is InChI=1S/C20H38N2O3.C11H18O4/c1-5-18(6-2)14-17-25-20(24)13-12-19(23)21-15-10-9-11-16-22(7-3)8-4;1-3-9(4-2)7-8-15-11(14)6-5-10(12)13/h5,18H,1,6-17H2,2-4H3,(H,21,23);3,9H,1,4-8H2,2H3,(H,12,13). The van der Waals surface area contributed by atoms with Gasteiger partial charge in [-0.15, -0.1) is 13.2 Å². The number of unbranched alkanes of at least 4 members (excludes halogenated alkanes) is 2. The molecule has 0 aromatic rings. The van der Waals surface area contributed by atoms with Crippen molar-refractivity contribution in [1.29, 1.82) is 0 Å². The van der Waals surface area contributed by atoms with Crippen LogP contribution in [-0.2, 0) is 28.7 Å². The lowest BCUT2D eigenvalue weighted by Crippen LogP contribution is -2.26. The van der Waals surface area contributed by atoms with Crippen molar-refractivity contribution in [3.63, 3.8) is 0 Å². The van der Waals surface area contributed by atoms with Gasteiger partial charge in [0.2, 0.25) is 5.91 Å². The van der Waals surface area contributed by atoms with Gasteiger partial charge in [-0.3, -0.25) is 19.2 Å². The Kier molecular flexibility index (Phi) is 27.5. The number of hydrogen-bond donors (Lipinski definition) is 2. The second-order valence-corrected chi connectivity index (χ2v) is 9.66. The summed E-state index contributed by atoms with van der Waals surface area (Å²) in [5.74, 6) is -1.05. The molecule has 0 fully saturated rings. The molecule has 0 radical (unpaired) electrons. The van der Waals surface area contributed by atoms with E-state index in [2.05, 4.69) is 44.1 Å². The molecule has 2 atom stereocenters. The second kappa shape index (κ2) is 27.9. The van der Waals surface area contributed by atoms with Crippen LogP contribution >= 0.6 is 0 Å². The Labute approximate surface area is 242 Å². The van der Waals surface area contributed by atoms with E-state index < -0.39 is 11.9 Å². The van der Waals surface area contributed by atoms with Gasteiger partial charge in [-0.2, -0.15) is 0 Å². The minimum atomic E-state index is -0.982. The molecule has 2 unspecified atom stereocenters. The van der Waals surface area contributed by atoms with Crippen molar-refractivity contribution in [2.75, 3.05) is 39.4 Å². The molecule has 0 aromatic carbocycles. The number of carbonyl (C=O) groups is 4. The number of nitrogens with one attached hydrogen (secondary N) is 1. The first-order valence-corrected chi connectivity index (χ1v) is 14.9. The number of amides is 1. The third kappa shape index (κ3) is 25.6. The van der Waals surface area contributed by atoms with Gasteiger partial charge < -0.3 is 24.8 Å². The summed E-state index contributed by atoms with van der Waals surface area (Å²) >= 11 is 0. The fourth-order valence-corrected chi connectivity index (χ4v) is 3.69. The fourth-order valence-electron chi connectivity index (χ4n) is 3.69. The van der Waals surface area contributed by atoms with Gasteiger partial charge in [-0.05, 0) is 70.0 Å². The van der Waals surface area contributed by atoms with Crippen LogP contribution in [0.4, 0.5) is 0 Å².